The quantitative estimate of drug-likeness (QED) is 0.215. The van der Waals surface area contributed by atoms with Gasteiger partial charge >= 0.3 is 0 Å². The van der Waals surface area contributed by atoms with Gasteiger partial charge in [-0.25, -0.2) is 14.4 Å². The van der Waals surface area contributed by atoms with Crippen molar-refractivity contribution >= 4 is 46.9 Å². The van der Waals surface area contributed by atoms with E-state index in [1.165, 1.54) is 6.07 Å². The van der Waals surface area contributed by atoms with Gasteiger partial charge in [0, 0.05) is 87.5 Å². The predicted molar refractivity (Wildman–Crippen MR) is 229 cm³/mol. The summed E-state index contributed by atoms with van der Waals surface area (Å²) in [6.45, 7) is 11.1. The van der Waals surface area contributed by atoms with E-state index in [0.717, 1.165) is 85.6 Å². The van der Waals surface area contributed by atoms with Crippen molar-refractivity contribution < 1.29 is 28.3 Å². The Hall–Kier alpha value is -5.95. The lowest BCUT2D eigenvalue weighted by molar-refractivity contribution is -0.136. The first kappa shape index (κ1) is 41.4. The molecule has 4 amide bonds. The van der Waals surface area contributed by atoms with Crippen molar-refractivity contribution in [3.8, 4) is 11.8 Å². The van der Waals surface area contributed by atoms with Gasteiger partial charge in [0.05, 0.1) is 34.1 Å². The van der Waals surface area contributed by atoms with E-state index in [1.54, 1.807) is 12.3 Å². The SMILES string of the molecule is CC(C)(c1ccc(OCc2ccnc(N3CCN(C4CCN(C5CN(c6cc7c(cc6F)C(=O)N(C6CCC(=O)NC6=O)C7=O)C5)CC4)CC3)n2)cc1)c1cc(Cl)cc(C#N)c1. The number of piperidine rings is 2. The fourth-order valence-electron chi connectivity index (χ4n) is 9.43. The van der Waals surface area contributed by atoms with Crippen molar-refractivity contribution in [1.82, 2.24) is 30.0 Å². The number of rotatable bonds is 10. The molecule has 1 atom stereocenters. The van der Waals surface area contributed by atoms with Crippen LogP contribution in [0.15, 0.2) is 66.9 Å². The molecular weight excluding hydrogens is 813 g/mol. The van der Waals surface area contributed by atoms with Crippen molar-refractivity contribution in [3.05, 3.63) is 111 Å². The van der Waals surface area contributed by atoms with E-state index in [-0.39, 0.29) is 41.1 Å². The van der Waals surface area contributed by atoms with Gasteiger partial charge in [-0.3, -0.25) is 39.2 Å². The van der Waals surface area contributed by atoms with Crippen molar-refractivity contribution in [1.29, 1.82) is 5.26 Å². The van der Waals surface area contributed by atoms with Crippen LogP contribution in [0.2, 0.25) is 5.02 Å². The fourth-order valence-corrected chi connectivity index (χ4v) is 9.67. The molecule has 0 saturated carbocycles. The highest BCUT2D eigenvalue weighted by Crippen LogP contribution is 2.37. The Kier molecular flexibility index (Phi) is 11.2. The van der Waals surface area contributed by atoms with Gasteiger partial charge in [0.2, 0.25) is 17.8 Å². The number of fused-ring (bicyclic) bond motifs is 1. The minimum atomic E-state index is -1.09. The summed E-state index contributed by atoms with van der Waals surface area (Å²) >= 11 is 6.30. The van der Waals surface area contributed by atoms with Crippen LogP contribution in [0.5, 0.6) is 5.75 Å². The topological polar surface area (TPSA) is 155 Å². The van der Waals surface area contributed by atoms with E-state index in [2.05, 4.69) is 44.9 Å². The Morgan fingerprint density at radius 2 is 1.53 bits per heavy atom. The molecule has 14 nitrogen and oxygen atoms in total. The van der Waals surface area contributed by atoms with Crippen molar-refractivity contribution in [2.45, 2.75) is 69.7 Å². The summed E-state index contributed by atoms with van der Waals surface area (Å²) < 4.78 is 21.5. The molecule has 16 heteroatoms. The number of carbonyl (C=O) groups excluding carboxylic acids is 4. The van der Waals surface area contributed by atoms with Crippen LogP contribution >= 0.6 is 11.6 Å². The summed E-state index contributed by atoms with van der Waals surface area (Å²) in [4.78, 5) is 70.0. The number of ether oxygens (including phenoxy) is 1. The van der Waals surface area contributed by atoms with Gasteiger partial charge in [0.15, 0.2) is 0 Å². The molecule has 0 radical (unpaired) electrons. The van der Waals surface area contributed by atoms with Gasteiger partial charge in [-0.05, 0) is 78.9 Å². The number of carbonyl (C=O) groups is 4. The Balaban J connectivity index is 0.726. The van der Waals surface area contributed by atoms with E-state index in [9.17, 15) is 24.4 Å². The third-order valence-electron chi connectivity index (χ3n) is 13.3. The molecule has 0 spiro atoms. The van der Waals surface area contributed by atoms with Crippen LogP contribution in [-0.2, 0) is 21.6 Å². The van der Waals surface area contributed by atoms with E-state index in [1.807, 2.05) is 47.4 Å². The lowest BCUT2D eigenvalue weighted by Crippen LogP contribution is -2.62. The van der Waals surface area contributed by atoms with Gasteiger partial charge in [-0.15, -0.1) is 0 Å². The number of nitrogens with one attached hydrogen (secondary N) is 1. The standard InChI is InChI=1S/C46H47ClFN9O5/c1-46(2,30-19-28(24-49)20-31(47)21-30)29-3-5-35(6-4-29)62-27-32-9-12-50-45(51-32)55-17-15-54(16-18-55)33-10-13-53(14-11-33)34-25-56(26-34)40-23-37-36(22-38(40)48)43(60)57(44(37)61)39-7-8-41(58)52-42(39)59/h3-6,9,12,19-23,33-34,39H,7-8,10-11,13-18,25-27H2,1-2H3,(H,52,58,59). The van der Waals surface area contributed by atoms with Crippen molar-refractivity contribution in [3.63, 3.8) is 0 Å². The van der Waals surface area contributed by atoms with E-state index in [0.29, 0.717) is 42.3 Å². The average molecular weight is 860 g/mol. The molecule has 5 aliphatic rings. The summed E-state index contributed by atoms with van der Waals surface area (Å²) in [7, 11) is 0. The molecule has 1 unspecified atom stereocenters. The number of anilines is 2. The first-order valence-electron chi connectivity index (χ1n) is 21.2. The Morgan fingerprint density at radius 1 is 0.839 bits per heavy atom. The molecule has 0 aliphatic carbocycles. The average Bonchev–Trinajstić information content (AvgIpc) is 3.49. The number of amides is 4. The Morgan fingerprint density at radius 3 is 2.23 bits per heavy atom. The molecule has 4 saturated heterocycles. The minimum absolute atomic E-state index is 0.0217. The molecule has 0 bridgehead atoms. The lowest BCUT2D eigenvalue weighted by Gasteiger charge is -2.50. The van der Waals surface area contributed by atoms with Crippen LogP contribution < -0.4 is 19.9 Å². The maximum atomic E-state index is 15.4. The number of hydrogen-bond donors (Lipinski definition) is 1. The number of halogens is 2. The highest BCUT2D eigenvalue weighted by Gasteiger charge is 2.46. The maximum absolute atomic E-state index is 15.4. The lowest BCUT2D eigenvalue weighted by atomic mass is 9.78. The highest BCUT2D eigenvalue weighted by molar-refractivity contribution is 6.30. The molecule has 62 heavy (non-hydrogen) atoms. The smallest absolute Gasteiger partial charge is 0.262 e. The van der Waals surface area contributed by atoms with Crippen molar-refractivity contribution in [2.24, 2.45) is 0 Å². The second kappa shape index (κ2) is 16.7. The number of benzene rings is 3. The van der Waals surface area contributed by atoms with Crippen molar-refractivity contribution in [2.75, 3.05) is 62.2 Å². The summed E-state index contributed by atoms with van der Waals surface area (Å²) in [5, 5.41) is 12.1. The first-order valence-corrected chi connectivity index (χ1v) is 21.5. The third kappa shape index (κ3) is 7.98. The highest BCUT2D eigenvalue weighted by atomic mass is 35.5. The number of hydrogen-bond acceptors (Lipinski definition) is 12. The zero-order valence-corrected chi connectivity index (χ0v) is 35.4. The van der Waals surface area contributed by atoms with Gasteiger partial charge < -0.3 is 14.5 Å². The second-order valence-corrected chi connectivity index (χ2v) is 17.7. The third-order valence-corrected chi connectivity index (χ3v) is 13.5. The monoisotopic (exact) mass is 859 g/mol. The van der Waals surface area contributed by atoms with E-state index in [4.69, 9.17) is 21.3 Å². The number of nitriles is 1. The number of piperazine rings is 1. The fraction of sp³-hybridized carbons (Fsp3) is 0.413. The molecule has 1 aromatic heterocycles. The van der Waals surface area contributed by atoms with Crippen LogP contribution in [0.1, 0.15) is 82.6 Å². The van der Waals surface area contributed by atoms with Crippen LogP contribution in [0, 0.1) is 17.1 Å². The van der Waals surface area contributed by atoms with Crippen LogP contribution in [0.25, 0.3) is 0 Å². The van der Waals surface area contributed by atoms with Crippen LogP contribution in [0.3, 0.4) is 0 Å². The van der Waals surface area contributed by atoms with E-state index >= 15 is 4.39 Å². The zero-order valence-electron chi connectivity index (χ0n) is 34.7. The van der Waals surface area contributed by atoms with Crippen LogP contribution in [0.4, 0.5) is 16.0 Å². The molecule has 3 aromatic carbocycles. The molecule has 1 N–H and O–H groups in total. The summed E-state index contributed by atoms with van der Waals surface area (Å²) in [5.41, 5.74) is 3.31. The number of imide groups is 2. The molecular formula is C46H47ClFN9O5. The Labute approximate surface area is 364 Å². The largest absolute Gasteiger partial charge is 0.487 e. The van der Waals surface area contributed by atoms with E-state index < -0.39 is 35.5 Å². The van der Waals surface area contributed by atoms with Gasteiger partial charge in [-0.2, -0.15) is 5.26 Å². The second-order valence-electron chi connectivity index (χ2n) is 17.3. The normalized spacial score (nSPS) is 20.6. The number of nitrogens with zero attached hydrogens (tertiary/aromatic N) is 8. The molecule has 9 rings (SSSR count). The number of aromatic nitrogens is 2. The molecule has 4 fully saturated rings. The summed E-state index contributed by atoms with van der Waals surface area (Å²) in [5.74, 6) is -1.64. The summed E-state index contributed by atoms with van der Waals surface area (Å²) in [6, 6.07) is 19.7. The molecule has 6 heterocycles. The molecule has 5 aliphatic heterocycles. The number of likely N-dealkylation sites (tertiary alicyclic amines) is 1. The minimum Gasteiger partial charge on any atom is -0.487 e. The van der Waals surface area contributed by atoms with Crippen LogP contribution in [-0.4, -0.2) is 119 Å². The molecule has 320 valence electrons. The first-order chi connectivity index (χ1) is 29.9. The van der Waals surface area contributed by atoms with Gasteiger partial charge in [0.1, 0.15) is 24.2 Å². The predicted octanol–water partition coefficient (Wildman–Crippen LogP) is 4.92. The molecule has 4 aromatic rings. The van der Waals surface area contributed by atoms with Gasteiger partial charge in [0.25, 0.3) is 11.8 Å². The zero-order chi connectivity index (χ0) is 43.3. The van der Waals surface area contributed by atoms with Gasteiger partial charge in [-0.1, -0.05) is 37.6 Å². The Bertz CT molecular complexity index is 2470. The summed E-state index contributed by atoms with van der Waals surface area (Å²) in [6.07, 6.45) is 3.94. The maximum Gasteiger partial charge on any atom is 0.262 e.